The molecule has 4 aliphatic rings. The number of nitrogens with zero attached hydrogens (tertiary/aromatic N) is 3. The number of hydrogen-bond acceptors (Lipinski definition) is 5. The zero-order chi connectivity index (χ0) is 27.6. The third-order valence-corrected chi connectivity index (χ3v) is 9.53. The predicted molar refractivity (Wildman–Crippen MR) is 155 cm³/mol. The summed E-state index contributed by atoms with van der Waals surface area (Å²) in [6.07, 6.45) is 17.5. The minimum atomic E-state index is -1.12. The molecule has 7 rings (SSSR count). The Hall–Kier alpha value is -3.26. The number of aliphatic carboxylic acids is 1. The maximum absolute atomic E-state index is 13.7. The van der Waals surface area contributed by atoms with Crippen LogP contribution in [-0.2, 0) is 11.3 Å². The molecular formula is C32H40N4O4. The number of pyridine rings is 1. The van der Waals surface area contributed by atoms with E-state index in [1.165, 1.54) is 31.5 Å². The second-order valence-electron chi connectivity index (χ2n) is 12.3. The van der Waals surface area contributed by atoms with Crippen molar-refractivity contribution in [2.45, 2.75) is 102 Å². The monoisotopic (exact) mass is 544 g/mol. The summed E-state index contributed by atoms with van der Waals surface area (Å²) in [5.41, 5.74) is 1.56. The van der Waals surface area contributed by atoms with E-state index in [-0.39, 0.29) is 17.3 Å². The molecule has 8 heteroatoms. The Labute approximate surface area is 234 Å². The van der Waals surface area contributed by atoms with Crippen LogP contribution in [0.3, 0.4) is 0 Å². The molecule has 4 bridgehead atoms. The van der Waals surface area contributed by atoms with Crippen LogP contribution in [0.15, 0.2) is 52.2 Å². The molecule has 4 heterocycles. The van der Waals surface area contributed by atoms with E-state index in [2.05, 4.69) is 10.3 Å². The predicted octanol–water partition coefficient (Wildman–Crippen LogP) is 5.13. The average molecular weight is 545 g/mol. The van der Waals surface area contributed by atoms with Crippen LogP contribution in [0.4, 0.5) is 0 Å². The van der Waals surface area contributed by atoms with Crippen molar-refractivity contribution in [1.29, 1.82) is 0 Å². The number of aromatic nitrogens is 3. The number of carboxylic acids is 1. The van der Waals surface area contributed by atoms with Gasteiger partial charge in [0.2, 0.25) is 0 Å². The van der Waals surface area contributed by atoms with Gasteiger partial charge in [0.25, 0.3) is 11.1 Å². The number of carboxylic acid groups (broad SMARTS) is 1. The number of rotatable bonds is 4. The first-order valence-corrected chi connectivity index (χ1v) is 15.1. The van der Waals surface area contributed by atoms with Crippen LogP contribution in [0.25, 0.3) is 22.3 Å². The molecule has 2 N–H and O–H groups in total. The smallest absolute Gasteiger partial charge is 0.323 e. The summed E-state index contributed by atoms with van der Waals surface area (Å²) in [4.78, 5) is 41.5. The fraction of sp³-hybridized carbons (Fsp3) is 0.562. The zero-order valence-corrected chi connectivity index (χ0v) is 23.1. The highest BCUT2D eigenvalue weighted by molar-refractivity contribution is 5.78. The second kappa shape index (κ2) is 11.7. The Morgan fingerprint density at radius 3 is 2.17 bits per heavy atom. The molecule has 4 fully saturated rings. The number of fused-ring (bicyclic) bond motifs is 5. The largest absolute Gasteiger partial charge is 0.480 e. The van der Waals surface area contributed by atoms with E-state index in [1.54, 1.807) is 38.2 Å². The minimum absolute atomic E-state index is 0.0700. The molecule has 1 aromatic carbocycles. The van der Waals surface area contributed by atoms with Crippen molar-refractivity contribution in [1.82, 2.24) is 19.4 Å². The van der Waals surface area contributed by atoms with E-state index in [1.807, 2.05) is 28.8 Å². The summed E-state index contributed by atoms with van der Waals surface area (Å²) in [6.45, 7) is -0.466. The van der Waals surface area contributed by atoms with Crippen molar-refractivity contribution in [2.24, 2.45) is 11.8 Å². The zero-order valence-electron chi connectivity index (χ0n) is 23.1. The van der Waals surface area contributed by atoms with Gasteiger partial charge in [-0.05, 0) is 62.1 Å². The summed E-state index contributed by atoms with van der Waals surface area (Å²) in [5, 5.41) is 12.8. The van der Waals surface area contributed by atoms with Gasteiger partial charge in [-0.1, -0.05) is 57.1 Å². The molecule has 2 atom stereocenters. The number of hydrogen-bond donors (Lipinski definition) is 2. The van der Waals surface area contributed by atoms with Gasteiger partial charge in [0, 0.05) is 36.0 Å². The lowest BCUT2D eigenvalue weighted by Gasteiger charge is -2.41. The van der Waals surface area contributed by atoms with Crippen molar-refractivity contribution >= 4 is 17.0 Å². The Morgan fingerprint density at radius 1 is 0.875 bits per heavy atom. The van der Waals surface area contributed by atoms with Crippen molar-refractivity contribution in [3.05, 3.63) is 63.3 Å². The summed E-state index contributed by atoms with van der Waals surface area (Å²) in [7, 11) is 0. The summed E-state index contributed by atoms with van der Waals surface area (Å²) in [6, 6.07) is 11.3. The van der Waals surface area contributed by atoms with Crippen molar-refractivity contribution in [2.75, 3.05) is 0 Å². The Balaban J connectivity index is 0.000000271. The molecule has 0 spiro atoms. The third-order valence-electron chi connectivity index (χ3n) is 9.53. The van der Waals surface area contributed by atoms with Crippen LogP contribution in [0, 0.1) is 11.8 Å². The fourth-order valence-electron chi connectivity index (χ4n) is 7.71. The maximum Gasteiger partial charge on any atom is 0.323 e. The van der Waals surface area contributed by atoms with Crippen LogP contribution < -0.4 is 16.4 Å². The Kier molecular flexibility index (Phi) is 7.87. The third kappa shape index (κ3) is 5.78. The first kappa shape index (κ1) is 26.9. The molecule has 2 aliphatic heterocycles. The number of para-hydroxylation sites is 2. The van der Waals surface area contributed by atoms with E-state index in [0.717, 1.165) is 47.6 Å². The number of nitrogens with one attached hydrogen (secondary N) is 1. The van der Waals surface area contributed by atoms with Gasteiger partial charge in [-0.25, -0.2) is 4.98 Å². The van der Waals surface area contributed by atoms with E-state index in [9.17, 15) is 14.4 Å². The van der Waals surface area contributed by atoms with Crippen LogP contribution in [0.1, 0.15) is 83.1 Å². The molecule has 2 saturated heterocycles. The maximum atomic E-state index is 13.7. The van der Waals surface area contributed by atoms with Crippen molar-refractivity contribution < 1.29 is 9.90 Å². The normalized spacial score (nSPS) is 27.4. The van der Waals surface area contributed by atoms with Crippen LogP contribution in [0.2, 0.25) is 0 Å². The summed E-state index contributed by atoms with van der Waals surface area (Å²) >= 11 is 0. The molecule has 8 nitrogen and oxygen atoms in total. The van der Waals surface area contributed by atoms with Gasteiger partial charge < -0.3 is 19.6 Å². The van der Waals surface area contributed by atoms with Gasteiger partial charge in [0.05, 0.1) is 11.0 Å². The molecule has 3 aromatic rings. The highest BCUT2D eigenvalue weighted by Gasteiger charge is 2.33. The Morgan fingerprint density at radius 2 is 1.52 bits per heavy atom. The van der Waals surface area contributed by atoms with Gasteiger partial charge in [-0.3, -0.25) is 14.4 Å². The van der Waals surface area contributed by atoms with E-state index < -0.39 is 18.1 Å². The molecule has 2 aliphatic carbocycles. The molecule has 0 amide bonds. The molecule has 2 saturated carbocycles. The summed E-state index contributed by atoms with van der Waals surface area (Å²) < 4.78 is 2.96. The molecule has 2 aromatic heterocycles. The van der Waals surface area contributed by atoms with Crippen LogP contribution in [0.5, 0.6) is 0 Å². The van der Waals surface area contributed by atoms with E-state index >= 15 is 0 Å². The van der Waals surface area contributed by atoms with Crippen molar-refractivity contribution in [3.8, 4) is 11.3 Å². The van der Waals surface area contributed by atoms with Gasteiger partial charge in [-0.2, -0.15) is 0 Å². The van der Waals surface area contributed by atoms with Crippen LogP contribution >= 0.6 is 0 Å². The number of piperidine rings is 2. The second-order valence-corrected chi connectivity index (χ2v) is 12.3. The fourth-order valence-corrected chi connectivity index (χ4v) is 7.71. The van der Waals surface area contributed by atoms with Gasteiger partial charge in [-0.15, -0.1) is 0 Å². The number of benzene rings is 1. The van der Waals surface area contributed by atoms with Gasteiger partial charge in [0.15, 0.2) is 0 Å². The molecule has 40 heavy (non-hydrogen) atoms. The van der Waals surface area contributed by atoms with E-state index in [0.29, 0.717) is 23.2 Å². The SMILES string of the molecule is C1CC2CCCC(C1)C2.O=C(O)Cn1cc(-c2nc3ccccc3n(C3CC4CCCC(C3)N4)c2=O)ccc1=O. The van der Waals surface area contributed by atoms with E-state index in [4.69, 9.17) is 5.11 Å². The molecule has 0 radical (unpaired) electrons. The Bertz CT molecular complexity index is 1460. The van der Waals surface area contributed by atoms with Gasteiger partial charge >= 0.3 is 5.97 Å². The standard InChI is InChI=1S/C23H24N4O4.C9H16/c28-20-9-8-14(12-26(20)13-21(29)30)22-23(31)27(19-7-2-1-6-18(19)25-22)17-10-15-4-3-5-16(11-17)24-15;1-3-8-5-2-6-9(4-1)7-8/h1-2,6-9,12,15-17,24H,3-5,10-11,13H2,(H,29,30);8-9H,1-7H2. The van der Waals surface area contributed by atoms with Crippen molar-refractivity contribution in [3.63, 3.8) is 0 Å². The quantitative estimate of drug-likeness (QED) is 0.472. The number of carbonyl (C=O) groups is 1. The highest BCUT2D eigenvalue weighted by Crippen LogP contribution is 2.39. The molecular weight excluding hydrogens is 504 g/mol. The molecule has 2 unspecified atom stereocenters. The summed E-state index contributed by atoms with van der Waals surface area (Å²) in [5.74, 6) is 1.18. The first-order valence-electron chi connectivity index (χ1n) is 15.1. The average Bonchev–Trinajstić information content (AvgIpc) is 2.94. The lowest BCUT2D eigenvalue weighted by atomic mass is 9.72. The topological polar surface area (TPSA) is 106 Å². The first-order chi connectivity index (χ1) is 19.4. The highest BCUT2D eigenvalue weighted by atomic mass is 16.4. The lowest BCUT2D eigenvalue weighted by Crippen LogP contribution is -2.50. The van der Waals surface area contributed by atoms with Gasteiger partial charge in [0.1, 0.15) is 12.2 Å². The molecule has 212 valence electrons. The van der Waals surface area contributed by atoms with Crippen LogP contribution in [-0.4, -0.2) is 37.3 Å². The lowest BCUT2D eigenvalue weighted by molar-refractivity contribution is -0.137. The minimum Gasteiger partial charge on any atom is -0.480 e.